The molecule has 1 heterocycles. The number of carbonyl (C=O) groups is 1. The second-order valence-corrected chi connectivity index (χ2v) is 5.41. The number of anilines is 1. The standard InChI is InChI=1S/C12H19N3OS/c16-11(15-12-14-8-9-17-12)13-7-6-10-4-2-1-3-5-10/h8-10H,1-7H2,(H2,13,14,15,16). The van der Waals surface area contributed by atoms with Gasteiger partial charge in [0.15, 0.2) is 5.13 Å². The first kappa shape index (κ1) is 12.4. The minimum atomic E-state index is -0.143. The summed E-state index contributed by atoms with van der Waals surface area (Å²) >= 11 is 1.43. The van der Waals surface area contributed by atoms with E-state index in [1.54, 1.807) is 6.20 Å². The molecule has 0 saturated heterocycles. The number of hydrogen-bond donors (Lipinski definition) is 2. The van der Waals surface area contributed by atoms with Gasteiger partial charge >= 0.3 is 6.03 Å². The molecule has 0 aliphatic heterocycles. The molecule has 1 fully saturated rings. The number of thiazole rings is 1. The number of carbonyl (C=O) groups excluding carboxylic acids is 1. The van der Waals surface area contributed by atoms with E-state index in [4.69, 9.17) is 0 Å². The van der Waals surface area contributed by atoms with Crippen molar-refractivity contribution in [1.29, 1.82) is 0 Å². The number of nitrogens with one attached hydrogen (secondary N) is 2. The molecular weight excluding hydrogens is 234 g/mol. The van der Waals surface area contributed by atoms with E-state index in [9.17, 15) is 4.79 Å². The molecule has 1 saturated carbocycles. The van der Waals surface area contributed by atoms with Crippen LogP contribution >= 0.6 is 11.3 Å². The highest BCUT2D eigenvalue weighted by molar-refractivity contribution is 7.13. The van der Waals surface area contributed by atoms with Crippen LogP contribution in [0.1, 0.15) is 38.5 Å². The van der Waals surface area contributed by atoms with E-state index in [0.29, 0.717) is 5.13 Å². The smallest absolute Gasteiger partial charge is 0.321 e. The Kier molecular flexibility index (Phi) is 4.79. The van der Waals surface area contributed by atoms with Gasteiger partial charge in [-0.25, -0.2) is 9.78 Å². The highest BCUT2D eigenvalue weighted by atomic mass is 32.1. The fourth-order valence-corrected chi connectivity index (χ4v) is 2.82. The summed E-state index contributed by atoms with van der Waals surface area (Å²) in [4.78, 5) is 15.5. The van der Waals surface area contributed by atoms with E-state index in [0.717, 1.165) is 18.9 Å². The Balaban J connectivity index is 1.59. The van der Waals surface area contributed by atoms with Gasteiger partial charge in [0, 0.05) is 18.1 Å². The molecule has 0 aromatic carbocycles. The van der Waals surface area contributed by atoms with Crippen molar-refractivity contribution >= 4 is 22.5 Å². The van der Waals surface area contributed by atoms with Gasteiger partial charge in [-0.2, -0.15) is 0 Å². The number of urea groups is 1. The molecule has 4 nitrogen and oxygen atoms in total. The molecule has 1 aromatic rings. The Morgan fingerprint density at radius 3 is 2.94 bits per heavy atom. The van der Waals surface area contributed by atoms with Crippen molar-refractivity contribution in [2.45, 2.75) is 38.5 Å². The number of aromatic nitrogens is 1. The van der Waals surface area contributed by atoms with E-state index >= 15 is 0 Å². The molecule has 1 aliphatic carbocycles. The molecule has 94 valence electrons. The lowest BCUT2D eigenvalue weighted by Crippen LogP contribution is -2.30. The monoisotopic (exact) mass is 253 g/mol. The maximum Gasteiger partial charge on any atom is 0.321 e. The van der Waals surface area contributed by atoms with E-state index < -0.39 is 0 Å². The van der Waals surface area contributed by atoms with Crippen molar-refractivity contribution in [3.8, 4) is 0 Å². The van der Waals surface area contributed by atoms with Crippen LogP contribution in [0.15, 0.2) is 11.6 Å². The topological polar surface area (TPSA) is 54.0 Å². The summed E-state index contributed by atoms with van der Waals surface area (Å²) in [5.41, 5.74) is 0. The minimum absolute atomic E-state index is 0.143. The Hall–Kier alpha value is -1.10. The third-order valence-electron chi connectivity index (χ3n) is 3.22. The average molecular weight is 253 g/mol. The Bertz CT molecular complexity index is 334. The molecule has 0 atom stereocenters. The lowest BCUT2D eigenvalue weighted by molar-refractivity contribution is 0.250. The van der Waals surface area contributed by atoms with Crippen LogP contribution in [0.5, 0.6) is 0 Å². The summed E-state index contributed by atoms with van der Waals surface area (Å²) in [5, 5.41) is 8.10. The van der Waals surface area contributed by atoms with Crippen LogP contribution in [0.4, 0.5) is 9.93 Å². The average Bonchev–Trinajstić information content (AvgIpc) is 2.83. The van der Waals surface area contributed by atoms with E-state index in [-0.39, 0.29) is 6.03 Å². The molecule has 2 rings (SSSR count). The van der Waals surface area contributed by atoms with Crippen LogP contribution in [0.3, 0.4) is 0 Å². The maximum absolute atomic E-state index is 11.5. The first-order chi connectivity index (χ1) is 8.34. The Morgan fingerprint density at radius 2 is 2.24 bits per heavy atom. The second kappa shape index (κ2) is 6.59. The van der Waals surface area contributed by atoms with Crippen molar-refractivity contribution in [2.24, 2.45) is 5.92 Å². The van der Waals surface area contributed by atoms with Crippen molar-refractivity contribution in [1.82, 2.24) is 10.3 Å². The first-order valence-electron chi connectivity index (χ1n) is 6.29. The van der Waals surface area contributed by atoms with Crippen molar-refractivity contribution in [2.75, 3.05) is 11.9 Å². The zero-order valence-corrected chi connectivity index (χ0v) is 10.8. The zero-order chi connectivity index (χ0) is 11.9. The van der Waals surface area contributed by atoms with Crippen LogP contribution in [0.25, 0.3) is 0 Å². The molecule has 1 aliphatic rings. The summed E-state index contributed by atoms with van der Waals surface area (Å²) in [6.45, 7) is 0.766. The summed E-state index contributed by atoms with van der Waals surface area (Å²) in [6.07, 6.45) is 9.54. The van der Waals surface area contributed by atoms with Gasteiger partial charge < -0.3 is 5.32 Å². The third kappa shape index (κ3) is 4.34. The molecule has 17 heavy (non-hydrogen) atoms. The highest BCUT2D eigenvalue weighted by Gasteiger charge is 2.13. The Morgan fingerprint density at radius 1 is 1.41 bits per heavy atom. The number of nitrogens with zero attached hydrogens (tertiary/aromatic N) is 1. The van der Waals surface area contributed by atoms with Crippen molar-refractivity contribution in [3.63, 3.8) is 0 Å². The SMILES string of the molecule is O=C(NCCC1CCCCC1)Nc1nccs1. The fourth-order valence-electron chi connectivity index (χ4n) is 2.29. The van der Waals surface area contributed by atoms with Gasteiger partial charge in [0.1, 0.15) is 0 Å². The molecule has 0 bridgehead atoms. The van der Waals surface area contributed by atoms with Crippen LogP contribution in [0, 0.1) is 5.92 Å². The molecule has 1 aromatic heterocycles. The summed E-state index contributed by atoms with van der Waals surface area (Å²) in [7, 11) is 0. The molecule has 5 heteroatoms. The quantitative estimate of drug-likeness (QED) is 0.865. The maximum atomic E-state index is 11.5. The minimum Gasteiger partial charge on any atom is -0.338 e. The zero-order valence-electron chi connectivity index (χ0n) is 9.95. The molecule has 2 N–H and O–H groups in total. The Labute approximate surface area is 106 Å². The summed E-state index contributed by atoms with van der Waals surface area (Å²) in [5.74, 6) is 0.809. The first-order valence-corrected chi connectivity index (χ1v) is 7.17. The van der Waals surface area contributed by atoms with Crippen LogP contribution in [-0.4, -0.2) is 17.6 Å². The van der Waals surface area contributed by atoms with E-state index in [1.165, 1.54) is 43.4 Å². The van der Waals surface area contributed by atoms with Gasteiger partial charge in [0.05, 0.1) is 0 Å². The second-order valence-electron chi connectivity index (χ2n) is 4.51. The van der Waals surface area contributed by atoms with E-state index in [1.807, 2.05) is 5.38 Å². The lowest BCUT2D eigenvalue weighted by Gasteiger charge is -2.21. The summed E-state index contributed by atoms with van der Waals surface area (Å²) < 4.78 is 0. The van der Waals surface area contributed by atoms with Crippen LogP contribution < -0.4 is 10.6 Å². The van der Waals surface area contributed by atoms with Gasteiger partial charge in [0.25, 0.3) is 0 Å². The molecule has 2 amide bonds. The largest absolute Gasteiger partial charge is 0.338 e. The van der Waals surface area contributed by atoms with E-state index in [2.05, 4.69) is 15.6 Å². The van der Waals surface area contributed by atoms with Gasteiger partial charge in [-0.15, -0.1) is 11.3 Å². The van der Waals surface area contributed by atoms with Crippen molar-refractivity contribution in [3.05, 3.63) is 11.6 Å². The van der Waals surface area contributed by atoms with Crippen LogP contribution in [-0.2, 0) is 0 Å². The molecule has 0 spiro atoms. The normalized spacial score (nSPS) is 16.7. The van der Waals surface area contributed by atoms with Gasteiger partial charge in [0.2, 0.25) is 0 Å². The van der Waals surface area contributed by atoms with Gasteiger partial charge in [-0.05, 0) is 12.3 Å². The molecule has 0 radical (unpaired) electrons. The number of hydrogen-bond acceptors (Lipinski definition) is 3. The predicted molar refractivity (Wildman–Crippen MR) is 70.3 cm³/mol. The lowest BCUT2D eigenvalue weighted by atomic mass is 9.87. The molecule has 0 unspecified atom stereocenters. The predicted octanol–water partition coefficient (Wildman–Crippen LogP) is 3.24. The number of amides is 2. The van der Waals surface area contributed by atoms with Crippen molar-refractivity contribution < 1.29 is 4.79 Å². The fraction of sp³-hybridized carbons (Fsp3) is 0.667. The van der Waals surface area contributed by atoms with Crippen LogP contribution in [0.2, 0.25) is 0 Å². The van der Waals surface area contributed by atoms with Gasteiger partial charge in [-0.1, -0.05) is 32.1 Å². The highest BCUT2D eigenvalue weighted by Crippen LogP contribution is 2.25. The summed E-state index contributed by atoms with van der Waals surface area (Å²) in [6, 6.07) is -0.143. The molecular formula is C12H19N3OS. The number of rotatable bonds is 4. The van der Waals surface area contributed by atoms with Gasteiger partial charge in [-0.3, -0.25) is 5.32 Å². The third-order valence-corrected chi connectivity index (χ3v) is 3.90.